The van der Waals surface area contributed by atoms with E-state index in [1.807, 2.05) is 65.6 Å². The predicted molar refractivity (Wildman–Crippen MR) is 133 cm³/mol. The Bertz CT molecular complexity index is 1170. The average molecular weight is 420 g/mol. The Kier molecular flexibility index (Phi) is 5.53. The summed E-state index contributed by atoms with van der Waals surface area (Å²) < 4.78 is 0. The van der Waals surface area contributed by atoms with Gasteiger partial charge in [-0.2, -0.15) is 0 Å². The topological polar surface area (TPSA) is 20.3 Å². The predicted octanol–water partition coefficient (Wildman–Crippen LogP) is 7.58. The van der Waals surface area contributed by atoms with Gasteiger partial charge in [0, 0.05) is 17.3 Å². The molecule has 2 nitrogen and oxygen atoms in total. The Hall–Kier alpha value is -3.39. The van der Waals surface area contributed by atoms with Gasteiger partial charge in [0.25, 0.3) is 0 Å². The lowest BCUT2D eigenvalue weighted by molar-refractivity contribution is -0.123. The molecule has 0 unspecified atom stereocenters. The van der Waals surface area contributed by atoms with Gasteiger partial charge in [0.15, 0.2) is 0 Å². The van der Waals surface area contributed by atoms with Crippen LogP contribution in [0.5, 0.6) is 0 Å². The highest BCUT2D eigenvalue weighted by Gasteiger charge is 2.49. The Morgan fingerprint density at radius 1 is 0.750 bits per heavy atom. The lowest BCUT2D eigenvalue weighted by Crippen LogP contribution is -2.36. The van der Waals surface area contributed by atoms with Gasteiger partial charge in [-0.25, -0.2) is 0 Å². The molecule has 0 radical (unpaired) electrons. The van der Waals surface area contributed by atoms with Crippen molar-refractivity contribution >= 4 is 28.1 Å². The van der Waals surface area contributed by atoms with E-state index in [9.17, 15) is 4.79 Å². The van der Waals surface area contributed by atoms with Gasteiger partial charge in [0.1, 0.15) is 0 Å². The van der Waals surface area contributed by atoms with Crippen LogP contribution < -0.4 is 4.90 Å². The van der Waals surface area contributed by atoms with Gasteiger partial charge >= 0.3 is 0 Å². The number of carbonyl (C=O) groups is 1. The van der Waals surface area contributed by atoms with Crippen molar-refractivity contribution in [3.8, 4) is 0 Å². The molecule has 0 bridgehead atoms. The molecular formula is C30H29NO. The van der Waals surface area contributed by atoms with Crippen LogP contribution in [0.15, 0.2) is 103 Å². The molecule has 1 fully saturated rings. The van der Waals surface area contributed by atoms with E-state index in [0.717, 1.165) is 17.8 Å². The Balaban J connectivity index is 1.50. The standard InChI is InChI=1S/C30H29NO/c1-21(2)29(28-20-27(28)26-19-11-13-22-12-9-10-18-25(22)26)30(32)31(23-14-5-3-6-15-23)24-16-7-4-8-17-24/h3-19,21,27-29H,20H2,1-2H3/t27-,28+,29-/m0/s1. The third kappa shape index (κ3) is 3.82. The van der Waals surface area contributed by atoms with Crippen molar-refractivity contribution in [3.63, 3.8) is 0 Å². The molecule has 1 saturated carbocycles. The smallest absolute Gasteiger partial charge is 0.235 e. The first-order chi connectivity index (χ1) is 15.6. The van der Waals surface area contributed by atoms with Crippen molar-refractivity contribution in [1.29, 1.82) is 0 Å². The molecule has 2 heteroatoms. The SMILES string of the molecule is CC(C)[C@H](C(=O)N(c1ccccc1)c1ccccc1)[C@@H]1C[C@H]1c1cccc2ccccc12. The molecule has 5 rings (SSSR count). The summed E-state index contributed by atoms with van der Waals surface area (Å²) in [5.41, 5.74) is 3.24. The highest BCUT2D eigenvalue weighted by atomic mass is 16.2. The summed E-state index contributed by atoms with van der Waals surface area (Å²) in [6.45, 7) is 4.38. The summed E-state index contributed by atoms with van der Waals surface area (Å²) in [5, 5.41) is 2.60. The monoisotopic (exact) mass is 419 g/mol. The van der Waals surface area contributed by atoms with Crippen molar-refractivity contribution < 1.29 is 4.79 Å². The van der Waals surface area contributed by atoms with Crippen LogP contribution in [0.25, 0.3) is 10.8 Å². The highest BCUT2D eigenvalue weighted by molar-refractivity contribution is 6.02. The van der Waals surface area contributed by atoms with E-state index >= 15 is 0 Å². The first-order valence-corrected chi connectivity index (χ1v) is 11.6. The highest BCUT2D eigenvalue weighted by Crippen LogP contribution is 2.56. The number of rotatable bonds is 6. The fraction of sp³-hybridized carbons (Fsp3) is 0.233. The fourth-order valence-electron chi connectivity index (χ4n) is 5.21. The van der Waals surface area contributed by atoms with E-state index in [1.165, 1.54) is 16.3 Å². The molecule has 4 aromatic rings. The van der Waals surface area contributed by atoms with Crippen LogP contribution in [0.4, 0.5) is 11.4 Å². The molecule has 160 valence electrons. The van der Waals surface area contributed by atoms with E-state index in [0.29, 0.717) is 11.8 Å². The fourth-order valence-corrected chi connectivity index (χ4v) is 5.21. The molecular weight excluding hydrogens is 390 g/mol. The maximum absolute atomic E-state index is 14.1. The molecule has 4 aromatic carbocycles. The van der Waals surface area contributed by atoms with Crippen LogP contribution in [0.1, 0.15) is 31.7 Å². The van der Waals surface area contributed by atoms with Crippen LogP contribution in [0.3, 0.4) is 0 Å². The van der Waals surface area contributed by atoms with Crippen LogP contribution >= 0.6 is 0 Å². The summed E-state index contributed by atoms with van der Waals surface area (Å²) in [7, 11) is 0. The zero-order valence-corrected chi connectivity index (χ0v) is 18.7. The maximum atomic E-state index is 14.1. The minimum Gasteiger partial charge on any atom is -0.281 e. The Labute approximate surface area is 190 Å². The lowest BCUT2D eigenvalue weighted by atomic mass is 9.86. The third-order valence-electron chi connectivity index (χ3n) is 6.78. The summed E-state index contributed by atoms with van der Waals surface area (Å²) in [6.07, 6.45) is 1.07. The second-order valence-electron chi connectivity index (χ2n) is 9.19. The molecule has 1 aliphatic rings. The molecule has 1 aliphatic carbocycles. The van der Waals surface area contributed by atoms with Gasteiger partial charge in [-0.15, -0.1) is 0 Å². The summed E-state index contributed by atoms with van der Waals surface area (Å²) in [6, 6.07) is 35.3. The second-order valence-corrected chi connectivity index (χ2v) is 9.19. The largest absolute Gasteiger partial charge is 0.281 e. The van der Waals surface area contributed by atoms with E-state index in [1.54, 1.807) is 0 Å². The number of amides is 1. The number of hydrogen-bond acceptors (Lipinski definition) is 1. The third-order valence-corrected chi connectivity index (χ3v) is 6.78. The van der Waals surface area contributed by atoms with Gasteiger partial charge in [0.05, 0.1) is 0 Å². The molecule has 0 aliphatic heterocycles. The number of hydrogen-bond donors (Lipinski definition) is 0. The molecule has 1 amide bonds. The van der Waals surface area contributed by atoms with Gasteiger partial charge in [-0.05, 0) is 64.8 Å². The maximum Gasteiger partial charge on any atom is 0.235 e. The number of benzene rings is 4. The second kappa shape index (κ2) is 8.63. The van der Waals surface area contributed by atoms with Crippen molar-refractivity contribution in [1.82, 2.24) is 0 Å². The Morgan fingerprint density at radius 3 is 1.94 bits per heavy atom. The van der Waals surface area contributed by atoms with E-state index in [2.05, 4.69) is 56.3 Å². The van der Waals surface area contributed by atoms with Crippen molar-refractivity contribution in [2.45, 2.75) is 26.2 Å². The summed E-state index contributed by atoms with van der Waals surface area (Å²) in [4.78, 5) is 16.1. The van der Waals surface area contributed by atoms with E-state index < -0.39 is 0 Å². The van der Waals surface area contributed by atoms with E-state index in [4.69, 9.17) is 0 Å². The van der Waals surface area contributed by atoms with Gasteiger partial charge in [0.2, 0.25) is 5.91 Å². The lowest BCUT2D eigenvalue weighted by Gasteiger charge is -2.30. The van der Waals surface area contributed by atoms with Gasteiger partial charge in [-0.3, -0.25) is 9.69 Å². The van der Waals surface area contributed by atoms with Crippen LogP contribution in [0.2, 0.25) is 0 Å². The number of nitrogens with zero attached hydrogens (tertiary/aromatic N) is 1. The first kappa shape index (κ1) is 20.5. The van der Waals surface area contributed by atoms with Crippen molar-refractivity contribution in [2.75, 3.05) is 4.90 Å². The molecule has 0 heterocycles. The number of fused-ring (bicyclic) bond motifs is 1. The zero-order chi connectivity index (χ0) is 22.1. The molecule has 0 spiro atoms. The molecule has 0 N–H and O–H groups in total. The van der Waals surface area contributed by atoms with Crippen LogP contribution in [-0.2, 0) is 4.79 Å². The van der Waals surface area contributed by atoms with Gasteiger partial charge in [-0.1, -0.05) is 92.7 Å². The average Bonchev–Trinajstić information content (AvgIpc) is 3.60. The van der Waals surface area contributed by atoms with Crippen molar-refractivity contribution in [2.24, 2.45) is 17.8 Å². The van der Waals surface area contributed by atoms with Crippen molar-refractivity contribution in [3.05, 3.63) is 109 Å². The number of anilines is 2. The normalized spacial score (nSPS) is 18.5. The van der Waals surface area contributed by atoms with Crippen LogP contribution in [0, 0.1) is 17.8 Å². The zero-order valence-electron chi connectivity index (χ0n) is 18.7. The first-order valence-electron chi connectivity index (χ1n) is 11.6. The minimum atomic E-state index is -0.0284. The number of para-hydroxylation sites is 2. The molecule has 3 atom stereocenters. The summed E-state index contributed by atoms with van der Waals surface area (Å²) in [5.74, 6) is 1.24. The Morgan fingerprint density at radius 2 is 1.31 bits per heavy atom. The molecule has 32 heavy (non-hydrogen) atoms. The minimum absolute atomic E-state index is 0.0284. The number of carbonyl (C=O) groups excluding carboxylic acids is 1. The molecule has 0 aromatic heterocycles. The van der Waals surface area contributed by atoms with E-state index in [-0.39, 0.29) is 17.7 Å². The van der Waals surface area contributed by atoms with Crippen LogP contribution in [-0.4, -0.2) is 5.91 Å². The quantitative estimate of drug-likeness (QED) is 0.315. The molecule has 0 saturated heterocycles. The van der Waals surface area contributed by atoms with Gasteiger partial charge < -0.3 is 0 Å². The summed E-state index contributed by atoms with van der Waals surface area (Å²) >= 11 is 0.